The Labute approximate surface area is 184 Å². The van der Waals surface area contributed by atoms with E-state index < -0.39 is 6.10 Å². The van der Waals surface area contributed by atoms with E-state index in [9.17, 15) is 5.11 Å². The summed E-state index contributed by atoms with van der Waals surface area (Å²) in [7, 11) is 0. The van der Waals surface area contributed by atoms with Crippen LogP contribution < -0.4 is 10.1 Å². The molecule has 7 heteroatoms. The van der Waals surface area contributed by atoms with E-state index in [1.165, 1.54) is 5.56 Å². The maximum absolute atomic E-state index is 10.1. The fourth-order valence-electron chi connectivity index (χ4n) is 2.91. The van der Waals surface area contributed by atoms with Gasteiger partial charge in [-0.15, -0.1) is 5.10 Å². The standard InChI is InChI=1S/C24H32N4O3/c1-6-30-23-26-22(18-9-7-17(2)8-10-18)28(27-23)20-13-11-19(12-14-20)25-15-21(29)16-31-24(3,4)5/h7-14,21,25,29H,6,15-16H2,1-5H3. The number of aliphatic hydroxyl groups excluding tert-OH is 1. The number of aliphatic hydroxyl groups is 1. The topological polar surface area (TPSA) is 81.4 Å². The first-order valence-corrected chi connectivity index (χ1v) is 10.6. The Morgan fingerprint density at radius 2 is 1.74 bits per heavy atom. The summed E-state index contributed by atoms with van der Waals surface area (Å²) in [5, 5.41) is 17.9. The van der Waals surface area contributed by atoms with Gasteiger partial charge in [0.25, 0.3) is 0 Å². The lowest BCUT2D eigenvalue weighted by Crippen LogP contribution is -2.30. The molecule has 0 amide bonds. The molecule has 0 aliphatic heterocycles. The second-order valence-corrected chi connectivity index (χ2v) is 8.43. The summed E-state index contributed by atoms with van der Waals surface area (Å²) in [4.78, 5) is 4.57. The van der Waals surface area contributed by atoms with E-state index >= 15 is 0 Å². The van der Waals surface area contributed by atoms with Gasteiger partial charge in [-0.25, -0.2) is 4.68 Å². The van der Waals surface area contributed by atoms with Crippen LogP contribution >= 0.6 is 0 Å². The predicted molar refractivity (Wildman–Crippen MR) is 123 cm³/mol. The van der Waals surface area contributed by atoms with Crippen molar-refractivity contribution in [3.63, 3.8) is 0 Å². The molecular weight excluding hydrogens is 392 g/mol. The lowest BCUT2D eigenvalue weighted by Gasteiger charge is -2.22. The fourth-order valence-corrected chi connectivity index (χ4v) is 2.91. The molecule has 0 fully saturated rings. The van der Waals surface area contributed by atoms with Crippen molar-refractivity contribution in [2.45, 2.75) is 46.3 Å². The quantitative estimate of drug-likeness (QED) is 0.535. The lowest BCUT2D eigenvalue weighted by molar-refractivity contribution is -0.0449. The van der Waals surface area contributed by atoms with E-state index in [0.717, 1.165) is 22.8 Å². The van der Waals surface area contributed by atoms with Gasteiger partial charge in [0.1, 0.15) is 0 Å². The van der Waals surface area contributed by atoms with E-state index in [2.05, 4.69) is 34.5 Å². The molecule has 2 aromatic carbocycles. The van der Waals surface area contributed by atoms with Gasteiger partial charge < -0.3 is 19.9 Å². The first-order valence-electron chi connectivity index (χ1n) is 10.6. The highest BCUT2D eigenvalue weighted by Gasteiger charge is 2.15. The normalized spacial score (nSPS) is 12.6. The molecule has 0 aliphatic rings. The molecule has 3 rings (SSSR count). The number of ether oxygens (including phenoxy) is 2. The molecule has 0 spiro atoms. The van der Waals surface area contributed by atoms with Gasteiger partial charge >= 0.3 is 6.01 Å². The number of nitrogens with one attached hydrogen (secondary N) is 1. The van der Waals surface area contributed by atoms with Crippen molar-refractivity contribution < 1.29 is 14.6 Å². The van der Waals surface area contributed by atoms with Gasteiger partial charge in [-0.3, -0.25) is 0 Å². The van der Waals surface area contributed by atoms with Gasteiger partial charge in [0.05, 0.1) is 30.6 Å². The Balaban J connectivity index is 1.73. The van der Waals surface area contributed by atoms with Crippen LogP contribution in [0.1, 0.15) is 33.3 Å². The van der Waals surface area contributed by atoms with Crippen molar-refractivity contribution in [1.29, 1.82) is 0 Å². The lowest BCUT2D eigenvalue weighted by atomic mass is 10.1. The molecule has 7 nitrogen and oxygen atoms in total. The summed E-state index contributed by atoms with van der Waals surface area (Å²) in [6.07, 6.45) is -0.587. The minimum absolute atomic E-state index is 0.268. The number of anilines is 1. The van der Waals surface area contributed by atoms with Gasteiger partial charge in [-0.1, -0.05) is 29.8 Å². The van der Waals surface area contributed by atoms with Crippen LogP contribution in [0.25, 0.3) is 17.1 Å². The molecule has 0 aliphatic carbocycles. The van der Waals surface area contributed by atoms with Crippen molar-refractivity contribution in [3.8, 4) is 23.1 Å². The zero-order valence-corrected chi connectivity index (χ0v) is 18.9. The molecule has 1 unspecified atom stereocenters. The highest BCUT2D eigenvalue weighted by molar-refractivity contribution is 5.60. The SMILES string of the molecule is CCOc1nc(-c2ccc(C)cc2)n(-c2ccc(NCC(O)COC(C)(C)C)cc2)n1. The third kappa shape index (κ3) is 6.54. The van der Waals surface area contributed by atoms with Gasteiger partial charge in [0.15, 0.2) is 5.82 Å². The summed E-state index contributed by atoms with van der Waals surface area (Å²) in [5.74, 6) is 0.721. The number of nitrogens with zero attached hydrogens (tertiary/aromatic N) is 3. The fraction of sp³-hybridized carbons (Fsp3) is 0.417. The van der Waals surface area contributed by atoms with Crippen LogP contribution in [0.4, 0.5) is 5.69 Å². The van der Waals surface area contributed by atoms with Crippen molar-refractivity contribution in [3.05, 3.63) is 54.1 Å². The summed E-state index contributed by atoms with van der Waals surface area (Å²) < 4.78 is 12.9. The van der Waals surface area contributed by atoms with Crippen molar-refractivity contribution in [2.75, 3.05) is 25.1 Å². The molecule has 166 valence electrons. The van der Waals surface area contributed by atoms with E-state index in [-0.39, 0.29) is 12.2 Å². The van der Waals surface area contributed by atoms with Crippen molar-refractivity contribution >= 4 is 5.69 Å². The highest BCUT2D eigenvalue weighted by Crippen LogP contribution is 2.25. The Bertz CT molecular complexity index is 960. The van der Waals surface area contributed by atoms with Gasteiger partial charge in [0, 0.05) is 17.8 Å². The van der Waals surface area contributed by atoms with E-state index in [4.69, 9.17) is 9.47 Å². The number of hydrogen-bond donors (Lipinski definition) is 2. The van der Waals surface area contributed by atoms with Crippen LogP contribution in [-0.4, -0.2) is 51.3 Å². The molecule has 1 aromatic heterocycles. The van der Waals surface area contributed by atoms with Crippen LogP contribution in [0, 0.1) is 6.92 Å². The summed E-state index contributed by atoms with van der Waals surface area (Å²) in [6.45, 7) is 11.1. The maximum atomic E-state index is 10.1. The zero-order valence-electron chi connectivity index (χ0n) is 18.9. The minimum Gasteiger partial charge on any atom is -0.463 e. The van der Waals surface area contributed by atoms with E-state index in [1.807, 2.05) is 64.1 Å². The summed E-state index contributed by atoms with van der Waals surface area (Å²) in [5.41, 5.74) is 3.66. The van der Waals surface area contributed by atoms with Crippen LogP contribution in [0.3, 0.4) is 0 Å². The third-order valence-electron chi connectivity index (χ3n) is 4.53. The molecule has 0 bridgehead atoms. The summed E-state index contributed by atoms with van der Waals surface area (Å²) >= 11 is 0. The third-order valence-corrected chi connectivity index (χ3v) is 4.53. The maximum Gasteiger partial charge on any atom is 0.336 e. The Morgan fingerprint density at radius 3 is 2.35 bits per heavy atom. The minimum atomic E-state index is -0.587. The van der Waals surface area contributed by atoms with E-state index in [0.29, 0.717) is 19.2 Å². The Kier molecular flexibility index (Phi) is 7.30. The highest BCUT2D eigenvalue weighted by atomic mass is 16.5. The molecular formula is C24H32N4O3. The summed E-state index contributed by atoms with van der Waals surface area (Å²) in [6, 6.07) is 16.3. The second kappa shape index (κ2) is 9.94. The molecule has 31 heavy (non-hydrogen) atoms. The van der Waals surface area contributed by atoms with Crippen LogP contribution in [0.2, 0.25) is 0 Å². The second-order valence-electron chi connectivity index (χ2n) is 8.43. The molecule has 2 N–H and O–H groups in total. The first-order chi connectivity index (χ1) is 14.7. The number of hydrogen-bond acceptors (Lipinski definition) is 6. The van der Waals surface area contributed by atoms with Crippen LogP contribution in [-0.2, 0) is 4.74 Å². The average molecular weight is 425 g/mol. The van der Waals surface area contributed by atoms with Crippen molar-refractivity contribution in [1.82, 2.24) is 14.8 Å². The Hall–Kier alpha value is -2.90. The van der Waals surface area contributed by atoms with Gasteiger partial charge in [-0.2, -0.15) is 4.98 Å². The van der Waals surface area contributed by atoms with Crippen molar-refractivity contribution in [2.24, 2.45) is 0 Å². The average Bonchev–Trinajstić information content (AvgIpc) is 3.15. The zero-order chi connectivity index (χ0) is 22.4. The predicted octanol–water partition coefficient (Wildman–Crippen LogP) is 4.23. The molecule has 3 aromatic rings. The number of aryl methyl sites for hydroxylation is 1. The number of rotatable bonds is 9. The van der Waals surface area contributed by atoms with Gasteiger partial charge in [0.2, 0.25) is 0 Å². The van der Waals surface area contributed by atoms with E-state index in [1.54, 1.807) is 4.68 Å². The Morgan fingerprint density at radius 1 is 1.06 bits per heavy atom. The van der Waals surface area contributed by atoms with Crippen LogP contribution in [0.5, 0.6) is 6.01 Å². The number of aromatic nitrogens is 3. The number of benzene rings is 2. The monoisotopic (exact) mass is 424 g/mol. The molecule has 0 saturated carbocycles. The first kappa shape index (κ1) is 22.8. The molecule has 0 saturated heterocycles. The largest absolute Gasteiger partial charge is 0.463 e. The molecule has 1 heterocycles. The molecule has 1 atom stereocenters. The van der Waals surface area contributed by atoms with Crippen LogP contribution in [0.15, 0.2) is 48.5 Å². The van der Waals surface area contributed by atoms with Gasteiger partial charge in [-0.05, 0) is 58.9 Å². The molecule has 0 radical (unpaired) electrons. The smallest absolute Gasteiger partial charge is 0.336 e.